The minimum atomic E-state index is 0.581. The molecule has 0 aliphatic rings. The molecule has 2 N–H and O–H groups in total. The van der Waals surface area contributed by atoms with E-state index in [0.29, 0.717) is 11.7 Å². The molecule has 3 rings (SSSR count). The summed E-state index contributed by atoms with van der Waals surface area (Å²) in [5.41, 5.74) is 1.87. The van der Waals surface area contributed by atoms with Crippen LogP contribution in [0.3, 0.4) is 0 Å². The van der Waals surface area contributed by atoms with Crippen molar-refractivity contribution in [1.82, 2.24) is 24.9 Å². The van der Waals surface area contributed by atoms with Crippen LogP contribution >= 0.6 is 23.8 Å². The van der Waals surface area contributed by atoms with Crippen molar-refractivity contribution in [3.05, 3.63) is 65.7 Å². The van der Waals surface area contributed by atoms with Crippen LogP contribution in [0.25, 0.3) is 0 Å². The van der Waals surface area contributed by atoms with Gasteiger partial charge in [-0.15, -0.1) is 0 Å². The molecule has 3 aromatic rings. The van der Waals surface area contributed by atoms with Crippen molar-refractivity contribution >= 4 is 34.6 Å². The Kier molecular flexibility index (Phi) is 6.03. The largest absolute Gasteiger partial charge is 0.362 e. The molecule has 0 amide bonds. The number of aryl methyl sites for hydroxylation is 1. The van der Waals surface area contributed by atoms with Gasteiger partial charge in [-0.2, -0.15) is 10.2 Å². The van der Waals surface area contributed by atoms with Gasteiger partial charge in [0.2, 0.25) is 0 Å². The van der Waals surface area contributed by atoms with Gasteiger partial charge in [-0.05, 0) is 36.3 Å². The van der Waals surface area contributed by atoms with Crippen LogP contribution < -0.4 is 10.6 Å². The van der Waals surface area contributed by atoms with E-state index in [9.17, 15) is 0 Å². The predicted octanol–water partition coefficient (Wildman–Crippen LogP) is 3.16. The van der Waals surface area contributed by atoms with Gasteiger partial charge in [0, 0.05) is 36.7 Å². The van der Waals surface area contributed by atoms with Crippen molar-refractivity contribution in [2.24, 2.45) is 0 Å². The Balaban J connectivity index is 1.43. The van der Waals surface area contributed by atoms with E-state index in [4.69, 9.17) is 23.8 Å². The third-order valence-corrected chi connectivity index (χ3v) is 4.21. The number of hydrogen-bond donors (Lipinski definition) is 2. The lowest BCUT2D eigenvalue weighted by atomic mass is 10.2. The highest BCUT2D eigenvalue weighted by Gasteiger charge is 2.04. The normalized spacial score (nSPS) is 10.6. The Morgan fingerprint density at radius 2 is 2.04 bits per heavy atom. The molecule has 0 saturated heterocycles. The van der Waals surface area contributed by atoms with Crippen LogP contribution in [-0.2, 0) is 13.1 Å². The molecule has 0 unspecified atom stereocenters. The molecule has 2 heterocycles. The van der Waals surface area contributed by atoms with Gasteiger partial charge < -0.3 is 10.6 Å². The van der Waals surface area contributed by atoms with Crippen molar-refractivity contribution in [2.75, 3.05) is 11.9 Å². The van der Waals surface area contributed by atoms with E-state index in [0.717, 1.165) is 35.8 Å². The Bertz CT molecular complexity index is 814. The molecule has 1 aromatic carbocycles. The maximum atomic E-state index is 6.18. The molecular weight excluding hydrogens is 356 g/mol. The van der Waals surface area contributed by atoms with Gasteiger partial charge in [0.1, 0.15) is 0 Å². The van der Waals surface area contributed by atoms with Crippen LogP contribution in [0.1, 0.15) is 12.0 Å². The number of rotatable bonds is 7. The number of hydrogen-bond acceptors (Lipinski definition) is 3. The third kappa shape index (κ3) is 5.30. The Morgan fingerprint density at radius 3 is 2.84 bits per heavy atom. The summed E-state index contributed by atoms with van der Waals surface area (Å²) in [4.78, 5) is 0. The fourth-order valence-electron chi connectivity index (χ4n) is 2.37. The molecular formula is C17H19ClN6S. The topological polar surface area (TPSA) is 59.7 Å². The minimum Gasteiger partial charge on any atom is -0.362 e. The maximum Gasteiger partial charge on any atom is 0.170 e. The average Bonchev–Trinajstić information content (AvgIpc) is 3.26. The van der Waals surface area contributed by atoms with E-state index in [1.54, 1.807) is 12.4 Å². The van der Waals surface area contributed by atoms with Crippen LogP contribution in [0.15, 0.2) is 55.1 Å². The van der Waals surface area contributed by atoms with E-state index in [2.05, 4.69) is 20.8 Å². The third-order valence-electron chi connectivity index (χ3n) is 3.59. The summed E-state index contributed by atoms with van der Waals surface area (Å²) in [6.45, 7) is 2.25. The van der Waals surface area contributed by atoms with Gasteiger partial charge in [-0.3, -0.25) is 9.36 Å². The number of benzene rings is 1. The maximum absolute atomic E-state index is 6.18. The first kappa shape index (κ1) is 17.4. The van der Waals surface area contributed by atoms with Crippen molar-refractivity contribution < 1.29 is 0 Å². The lowest BCUT2D eigenvalue weighted by Gasteiger charge is -2.09. The highest BCUT2D eigenvalue weighted by molar-refractivity contribution is 7.80. The van der Waals surface area contributed by atoms with Crippen molar-refractivity contribution in [3.8, 4) is 0 Å². The minimum absolute atomic E-state index is 0.581. The molecule has 0 saturated carbocycles. The quantitative estimate of drug-likeness (QED) is 0.491. The molecule has 0 aliphatic heterocycles. The number of aromatic nitrogens is 4. The monoisotopic (exact) mass is 374 g/mol. The van der Waals surface area contributed by atoms with Crippen molar-refractivity contribution in [3.63, 3.8) is 0 Å². The Morgan fingerprint density at radius 1 is 1.16 bits per heavy atom. The standard InChI is InChI=1S/C17H19ClN6S/c18-16-6-2-1-5-14(16)12-24-13-15(11-21-24)22-17(25)19-7-3-9-23-10-4-8-20-23/h1-2,4-6,8,10-11,13H,3,7,9,12H2,(H2,19,22,25). The smallest absolute Gasteiger partial charge is 0.170 e. The number of nitrogens with zero attached hydrogens (tertiary/aromatic N) is 4. The zero-order valence-corrected chi connectivity index (χ0v) is 15.2. The number of thiocarbonyl (C=S) groups is 1. The lowest BCUT2D eigenvalue weighted by molar-refractivity contribution is 0.574. The zero-order chi connectivity index (χ0) is 17.5. The average molecular weight is 375 g/mol. The summed E-state index contributed by atoms with van der Waals surface area (Å²) in [6, 6.07) is 9.66. The summed E-state index contributed by atoms with van der Waals surface area (Å²) in [5.74, 6) is 0. The second-order valence-corrected chi connectivity index (χ2v) is 6.34. The molecule has 2 aromatic heterocycles. The van der Waals surface area contributed by atoms with Crippen LogP contribution in [0.4, 0.5) is 5.69 Å². The summed E-state index contributed by atoms with van der Waals surface area (Å²) in [6.07, 6.45) is 8.31. The van der Waals surface area contributed by atoms with Gasteiger partial charge in [-0.1, -0.05) is 29.8 Å². The molecule has 0 aliphatic carbocycles. The highest BCUT2D eigenvalue weighted by atomic mass is 35.5. The predicted molar refractivity (Wildman–Crippen MR) is 104 cm³/mol. The zero-order valence-electron chi connectivity index (χ0n) is 13.6. The fraction of sp³-hybridized carbons (Fsp3) is 0.235. The molecule has 130 valence electrons. The molecule has 0 spiro atoms. The summed E-state index contributed by atoms with van der Waals surface area (Å²) >= 11 is 11.5. The summed E-state index contributed by atoms with van der Waals surface area (Å²) in [5, 5.41) is 16.1. The molecule has 0 bridgehead atoms. The number of anilines is 1. The van der Waals surface area contributed by atoms with Gasteiger partial charge in [-0.25, -0.2) is 0 Å². The van der Waals surface area contributed by atoms with Gasteiger partial charge >= 0.3 is 0 Å². The van der Waals surface area contributed by atoms with Crippen molar-refractivity contribution in [2.45, 2.75) is 19.5 Å². The van der Waals surface area contributed by atoms with E-state index in [-0.39, 0.29) is 0 Å². The van der Waals surface area contributed by atoms with Gasteiger partial charge in [0.15, 0.2) is 5.11 Å². The number of halogens is 1. The molecule has 8 heteroatoms. The Hall–Kier alpha value is -2.38. The molecule has 0 atom stereocenters. The van der Waals surface area contributed by atoms with Crippen molar-refractivity contribution in [1.29, 1.82) is 0 Å². The lowest BCUT2D eigenvalue weighted by Crippen LogP contribution is -2.29. The Labute approximate surface area is 156 Å². The van der Waals surface area contributed by atoms with Crippen LogP contribution in [-0.4, -0.2) is 31.2 Å². The van der Waals surface area contributed by atoms with E-state index in [1.807, 2.05) is 52.1 Å². The van der Waals surface area contributed by atoms with Crippen LogP contribution in [0, 0.1) is 0 Å². The SMILES string of the molecule is S=C(NCCCn1cccn1)Nc1cnn(Cc2ccccc2Cl)c1. The first-order valence-corrected chi connectivity index (χ1v) is 8.77. The van der Waals surface area contributed by atoms with E-state index in [1.165, 1.54) is 0 Å². The second-order valence-electron chi connectivity index (χ2n) is 5.52. The van der Waals surface area contributed by atoms with Crippen LogP contribution in [0.2, 0.25) is 5.02 Å². The van der Waals surface area contributed by atoms with E-state index < -0.39 is 0 Å². The van der Waals surface area contributed by atoms with E-state index >= 15 is 0 Å². The van der Waals surface area contributed by atoms with Gasteiger partial charge in [0.25, 0.3) is 0 Å². The molecule has 25 heavy (non-hydrogen) atoms. The molecule has 6 nitrogen and oxygen atoms in total. The molecule has 0 fully saturated rings. The fourth-order valence-corrected chi connectivity index (χ4v) is 2.78. The summed E-state index contributed by atoms with van der Waals surface area (Å²) < 4.78 is 3.72. The highest BCUT2D eigenvalue weighted by Crippen LogP contribution is 2.16. The first-order chi connectivity index (χ1) is 12.2. The molecule has 0 radical (unpaired) electrons. The number of nitrogens with one attached hydrogen (secondary N) is 2. The first-order valence-electron chi connectivity index (χ1n) is 7.99. The summed E-state index contributed by atoms with van der Waals surface area (Å²) in [7, 11) is 0. The second kappa shape index (κ2) is 8.64. The van der Waals surface area contributed by atoms with Gasteiger partial charge in [0.05, 0.1) is 18.4 Å². The van der Waals surface area contributed by atoms with Crippen LogP contribution in [0.5, 0.6) is 0 Å².